The second-order valence-electron chi connectivity index (χ2n) is 4.14. The zero-order valence-electron chi connectivity index (χ0n) is 9.98. The van der Waals surface area contributed by atoms with Crippen molar-refractivity contribution in [3.8, 4) is 0 Å². The molecular formula is C14H7BrF2N2O. The number of hydrogen-bond acceptors (Lipinski definition) is 2. The number of rotatable bonds is 2. The first kappa shape index (κ1) is 12.9. The lowest BCUT2D eigenvalue weighted by atomic mass is 10.1. The summed E-state index contributed by atoms with van der Waals surface area (Å²) >= 11 is 3.28. The first-order chi connectivity index (χ1) is 9.58. The number of fused-ring (bicyclic) bond motifs is 1. The maximum absolute atomic E-state index is 13.7. The Kier molecular flexibility index (Phi) is 3.10. The molecule has 0 radical (unpaired) electrons. The third-order valence-corrected chi connectivity index (χ3v) is 3.36. The number of benzene rings is 1. The number of ketones is 1. The Morgan fingerprint density at radius 1 is 1.15 bits per heavy atom. The van der Waals surface area contributed by atoms with Gasteiger partial charge >= 0.3 is 0 Å². The summed E-state index contributed by atoms with van der Waals surface area (Å²) in [6, 6.07) is 6.77. The second kappa shape index (κ2) is 4.79. The van der Waals surface area contributed by atoms with E-state index in [1.165, 1.54) is 16.7 Å². The summed E-state index contributed by atoms with van der Waals surface area (Å²) in [5.74, 6) is -2.52. The largest absolute Gasteiger partial charge is 0.296 e. The monoisotopic (exact) mass is 336 g/mol. The minimum absolute atomic E-state index is 0.102. The van der Waals surface area contributed by atoms with Crippen LogP contribution in [0.3, 0.4) is 0 Å². The van der Waals surface area contributed by atoms with E-state index in [1.807, 2.05) is 0 Å². The summed E-state index contributed by atoms with van der Waals surface area (Å²) in [6.07, 6.45) is 2.92. The Hall–Kier alpha value is -2.08. The average Bonchev–Trinajstić information content (AvgIpc) is 2.81. The van der Waals surface area contributed by atoms with Crippen molar-refractivity contribution in [3.05, 3.63) is 70.1 Å². The van der Waals surface area contributed by atoms with Gasteiger partial charge in [0.05, 0.1) is 11.8 Å². The molecule has 0 aliphatic rings. The number of imidazole rings is 1. The molecule has 20 heavy (non-hydrogen) atoms. The van der Waals surface area contributed by atoms with Crippen LogP contribution in [0.2, 0.25) is 0 Å². The molecule has 0 amide bonds. The molecule has 3 aromatic rings. The standard InChI is InChI=1S/C14H7BrF2N2O/c15-8-4-5-12-18-6-11(19(12)7-8)14(20)13-9(16)2-1-3-10(13)17/h1-7H. The molecule has 0 saturated heterocycles. The number of carbonyl (C=O) groups excluding carboxylic acids is 1. The molecule has 0 fully saturated rings. The molecule has 2 aromatic heterocycles. The highest BCUT2D eigenvalue weighted by Gasteiger charge is 2.21. The van der Waals surface area contributed by atoms with Crippen LogP contribution >= 0.6 is 15.9 Å². The highest BCUT2D eigenvalue weighted by Crippen LogP contribution is 2.19. The summed E-state index contributed by atoms with van der Waals surface area (Å²) in [6.45, 7) is 0. The van der Waals surface area contributed by atoms with Gasteiger partial charge < -0.3 is 0 Å². The fourth-order valence-electron chi connectivity index (χ4n) is 1.97. The van der Waals surface area contributed by atoms with Crippen LogP contribution in [0.15, 0.2) is 47.2 Å². The first-order valence-corrected chi connectivity index (χ1v) is 6.48. The van der Waals surface area contributed by atoms with E-state index in [0.717, 1.165) is 16.6 Å². The van der Waals surface area contributed by atoms with E-state index in [4.69, 9.17) is 0 Å². The molecule has 0 aliphatic carbocycles. The Bertz CT molecular complexity index is 809. The second-order valence-corrected chi connectivity index (χ2v) is 5.06. The molecule has 3 nitrogen and oxygen atoms in total. The summed E-state index contributed by atoms with van der Waals surface area (Å²) in [5.41, 5.74) is 0.0490. The van der Waals surface area contributed by atoms with Gasteiger partial charge in [-0.15, -0.1) is 0 Å². The maximum Gasteiger partial charge on any atom is 0.217 e. The molecule has 2 heterocycles. The van der Waals surface area contributed by atoms with Gasteiger partial charge in [-0.1, -0.05) is 6.07 Å². The van der Waals surface area contributed by atoms with E-state index >= 15 is 0 Å². The fourth-order valence-corrected chi connectivity index (χ4v) is 2.30. The molecule has 0 atom stereocenters. The lowest BCUT2D eigenvalue weighted by molar-refractivity contribution is 0.102. The smallest absolute Gasteiger partial charge is 0.217 e. The number of aromatic nitrogens is 2. The van der Waals surface area contributed by atoms with Gasteiger partial charge in [-0.05, 0) is 40.2 Å². The molecule has 0 unspecified atom stereocenters. The number of nitrogens with zero attached hydrogens (tertiary/aromatic N) is 2. The number of carbonyl (C=O) groups is 1. The summed E-state index contributed by atoms with van der Waals surface area (Å²) in [5, 5.41) is 0. The van der Waals surface area contributed by atoms with E-state index < -0.39 is 23.0 Å². The van der Waals surface area contributed by atoms with Crippen molar-refractivity contribution in [2.75, 3.05) is 0 Å². The van der Waals surface area contributed by atoms with E-state index in [2.05, 4.69) is 20.9 Å². The van der Waals surface area contributed by atoms with Crippen molar-refractivity contribution in [1.29, 1.82) is 0 Å². The molecule has 100 valence electrons. The lowest BCUT2D eigenvalue weighted by Crippen LogP contribution is -2.10. The van der Waals surface area contributed by atoms with Crippen molar-refractivity contribution < 1.29 is 13.6 Å². The van der Waals surface area contributed by atoms with Crippen LogP contribution in [0.5, 0.6) is 0 Å². The van der Waals surface area contributed by atoms with Gasteiger partial charge in [0.25, 0.3) is 0 Å². The SMILES string of the molecule is O=C(c1c(F)cccc1F)c1cnc2ccc(Br)cn12. The molecular weight excluding hydrogens is 330 g/mol. The summed E-state index contributed by atoms with van der Waals surface area (Å²) in [4.78, 5) is 16.4. The van der Waals surface area contributed by atoms with Gasteiger partial charge in [0, 0.05) is 10.7 Å². The van der Waals surface area contributed by atoms with Gasteiger partial charge in [-0.25, -0.2) is 13.8 Å². The number of halogens is 3. The highest BCUT2D eigenvalue weighted by atomic mass is 79.9. The lowest BCUT2D eigenvalue weighted by Gasteiger charge is -2.04. The van der Waals surface area contributed by atoms with E-state index in [9.17, 15) is 13.6 Å². The predicted octanol–water partition coefficient (Wildman–Crippen LogP) is 3.61. The average molecular weight is 337 g/mol. The topological polar surface area (TPSA) is 34.4 Å². The van der Waals surface area contributed by atoms with Crippen LogP contribution in [-0.4, -0.2) is 15.2 Å². The van der Waals surface area contributed by atoms with Gasteiger partial charge in [0.2, 0.25) is 5.78 Å². The molecule has 0 aliphatic heterocycles. The van der Waals surface area contributed by atoms with E-state index in [-0.39, 0.29) is 5.69 Å². The third-order valence-electron chi connectivity index (χ3n) is 2.89. The summed E-state index contributed by atoms with van der Waals surface area (Å²) in [7, 11) is 0. The fraction of sp³-hybridized carbons (Fsp3) is 0. The molecule has 0 spiro atoms. The Morgan fingerprint density at radius 3 is 2.55 bits per heavy atom. The van der Waals surface area contributed by atoms with Crippen LogP contribution in [0.4, 0.5) is 8.78 Å². The Balaban J connectivity index is 2.21. The molecule has 3 rings (SSSR count). The molecule has 0 saturated carbocycles. The maximum atomic E-state index is 13.7. The van der Waals surface area contributed by atoms with Crippen LogP contribution < -0.4 is 0 Å². The van der Waals surface area contributed by atoms with Crippen LogP contribution in [-0.2, 0) is 0 Å². The van der Waals surface area contributed by atoms with Crippen molar-refractivity contribution in [3.63, 3.8) is 0 Å². The minimum atomic E-state index is -0.889. The molecule has 0 bridgehead atoms. The normalized spacial score (nSPS) is 10.9. The Labute approximate surface area is 121 Å². The van der Waals surface area contributed by atoms with Gasteiger partial charge in [-0.3, -0.25) is 9.20 Å². The van der Waals surface area contributed by atoms with Crippen molar-refractivity contribution in [1.82, 2.24) is 9.38 Å². The third kappa shape index (κ3) is 2.02. The molecule has 0 N–H and O–H groups in total. The van der Waals surface area contributed by atoms with E-state index in [1.54, 1.807) is 18.3 Å². The molecule has 6 heteroatoms. The summed E-state index contributed by atoms with van der Waals surface area (Å²) < 4.78 is 29.6. The van der Waals surface area contributed by atoms with Crippen molar-refractivity contribution >= 4 is 27.4 Å². The quantitative estimate of drug-likeness (QED) is 0.670. The van der Waals surface area contributed by atoms with Crippen molar-refractivity contribution in [2.45, 2.75) is 0 Å². The van der Waals surface area contributed by atoms with Crippen LogP contribution in [0, 0.1) is 11.6 Å². The predicted molar refractivity (Wildman–Crippen MR) is 72.7 cm³/mol. The zero-order valence-corrected chi connectivity index (χ0v) is 11.6. The van der Waals surface area contributed by atoms with Gasteiger partial charge in [-0.2, -0.15) is 0 Å². The van der Waals surface area contributed by atoms with Gasteiger partial charge in [0.1, 0.15) is 23.0 Å². The van der Waals surface area contributed by atoms with Gasteiger partial charge in [0.15, 0.2) is 0 Å². The zero-order chi connectivity index (χ0) is 14.3. The Morgan fingerprint density at radius 2 is 1.85 bits per heavy atom. The van der Waals surface area contributed by atoms with Crippen LogP contribution in [0.25, 0.3) is 5.65 Å². The number of pyridine rings is 1. The number of hydrogen-bond donors (Lipinski definition) is 0. The highest BCUT2D eigenvalue weighted by molar-refractivity contribution is 9.10. The van der Waals surface area contributed by atoms with E-state index in [0.29, 0.717) is 5.65 Å². The van der Waals surface area contributed by atoms with Crippen LogP contribution in [0.1, 0.15) is 16.1 Å². The first-order valence-electron chi connectivity index (χ1n) is 5.69. The van der Waals surface area contributed by atoms with Crippen molar-refractivity contribution in [2.24, 2.45) is 0 Å². The molecule has 1 aromatic carbocycles. The minimum Gasteiger partial charge on any atom is -0.296 e.